The Kier molecular flexibility index (Phi) is 5.64. The molecule has 3 rings (SSSR count). The van der Waals surface area contributed by atoms with E-state index < -0.39 is 5.91 Å². The van der Waals surface area contributed by atoms with Gasteiger partial charge in [0.05, 0.1) is 12.7 Å². The van der Waals surface area contributed by atoms with Gasteiger partial charge in [-0.3, -0.25) is 4.79 Å². The highest BCUT2D eigenvalue weighted by Crippen LogP contribution is 2.25. The summed E-state index contributed by atoms with van der Waals surface area (Å²) in [6.45, 7) is 6.08. The zero-order chi connectivity index (χ0) is 17.7. The fourth-order valence-corrected chi connectivity index (χ4v) is 2.72. The smallest absolute Gasteiger partial charge is 0.252 e. The predicted octanol–water partition coefficient (Wildman–Crippen LogP) is 4.20. The van der Waals surface area contributed by atoms with Gasteiger partial charge < -0.3 is 15.5 Å². The van der Waals surface area contributed by atoms with E-state index in [0.717, 1.165) is 17.5 Å². The topological polar surface area (TPSA) is 68.1 Å². The summed E-state index contributed by atoms with van der Waals surface area (Å²) >= 11 is 0. The van der Waals surface area contributed by atoms with Crippen LogP contribution < -0.4 is 10.5 Å². The molecule has 0 atom stereocenters. The van der Waals surface area contributed by atoms with Crippen molar-refractivity contribution in [2.45, 2.75) is 27.2 Å². The number of benzene rings is 2. The first kappa shape index (κ1) is 17.6. The third kappa shape index (κ3) is 3.59. The van der Waals surface area contributed by atoms with Crippen LogP contribution in [0.25, 0.3) is 10.9 Å². The van der Waals surface area contributed by atoms with E-state index in [2.05, 4.69) is 30.1 Å². The van der Waals surface area contributed by atoms with Crippen LogP contribution in [-0.2, 0) is 6.42 Å². The second-order valence-electron chi connectivity index (χ2n) is 5.44. The lowest BCUT2D eigenvalue weighted by Gasteiger charge is -2.08. The summed E-state index contributed by atoms with van der Waals surface area (Å²) in [4.78, 5) is 14.8. The van der Waals surface area contributed by atoms with Crippen molar-refractivity contribution in [1.29, 1.82) is 0 Å². The van der Waals surface area contributed by atoms with E-state index in [4.69, 9.17) is 10.5 Å². The normalized spacial score (nSPS) is 10.2. The highest BCUT2D eigenvalue weighted by molar-refractivity contribution is 5.96. The van der Waals surface area contributed by atoms with Crippen LogP contribution in [0.2, 0.25) is 0 Å². The number of carbonyl (C=O) groups excluding carboxylic acids is 1. The first-order valence-corrected chi connectivity index (χ1v) is 8.12. The van der Waals surface area contributed by atoms with Gasteiger partial charge in [-0.2, -0.15) is 0 Å². The average molecular weight is 324 g/mol. The number of nitrogens with two attached hydrogens (primary N) is 1. The molecule has 0 aliphatic heterocycles. The third-order valence-electron chi connectivity index (χ3n) is 3.85. The number of primary amides is 1. The number of aryl methyl sites for hydroxylation is 1. The molecule has 0 spiro atoms. The Morgan fingerprint density at radius 2 is 1.92 bits per heavy atom. The van der Waals surface area contributed by atoms with Crippen LogP contribution in [0.1, 0.15) is 40.9 Å². The number of H-pyrrole nitrogens is 1. The molecule has 0 bridgehead atoms. The summed E-state index contributed by atoms with van der Waals surface area (Å²) in [6, 6.07) is 11.9. The molecule has 0 aliphatic carbocycles. The summed E-state index contributed by atoms with van der Waals surface area (Å²) in [5.41, 5.74) is 10.4. The lowest BCUT2D eigenvalue weighted by Crippen LogP contribution is -2.13. The molecule has 126 valence electrons. The van der Waals surface area contributed by atoms with E-state index in [1.165, 1.54) is 23.6 Å². The Balaban J connectivity index is 0.00000100. The van der Waals surface area contributed by atoms with Gasteiger partial charge in [-0.05, 0) is 48.7 Å². The average Bonchev–Trinajstić information content (AvgIpc) is 2.98. The Hall–Kier alpha value is -2.75. The third-order valence-corrected chi connectivity index (χ3v) is 3.85. The van der Waals surface area contributed by atoms with Gasteiger partial charge in [0.25, 0.3) is 5.91 Å². The summed E-state index contributed by atoms with van der Waals surface area (Å²) in [5, 5.41) is 1.21. The minimum absolute atomic E-state index is 0.413. The number of fused-ring (bicyclic) bond motifs is 1. The number of ether oxygens (including phenoxy) is 1. The fraction of sp³-hybridized carbons (Fsp3) is 0.250. The van der Waals surface area contributed by atoms with Gasteiger partial charge >= 0.3 is 0 Å². The minimum atomic E-state index is -0.478. The van der Waals surface area contributed by atoms with Crippen molar-refractivity contribution in [3.63, 3.8) is 0 Å². The van der Waals surface area contributed by atoms with Crippen molar-refractivity contribution in [2.75, 3.05) is 7.11 Å². The summed E-state index contributed by atoms with van der Waals surface area (Å²) in [6.07, 6.45) is 2.74. The highest BCUT2D eigenvalue weighted by Gasteiger charge is 2.11. The Labute approximate surface area is 142 Å². The number of rotatable bonds is 4. The molecule has 1 aromatic heterocycles. The zero-order valence-electron chi connectivity index (χ0n) is 14.6. The van der Waals surface area contributed by atoms with Crippen LogP contribution in [0.15, 0.2) is 42.6 Å². The molecule has 4 heteroatoms. The Morgan fingerprint density at radius 3 is 2.58 bits per heavy atom. The van der Waals surface area contributed by atoms with E-state index in [1.807, 2.05) is 26.1 Å². The molecule has 0 aliphatic rings. The molecular weight excluding hydrogens is 300 g/mol. The number of aromatic nitrogens is 1. The van der Waals surface area contributed by atoms with E-state index in [0.29, 0.717) is 11.3 Å². The summed E-state index contributed by atoms with van der Waals surface area (Å²) < 4.78 is 5.18. The molecule has 2 aromatic carbocycles. The maximum absolute atomic E-state index is 11.5. The lowest BCUT2D eigenvalue weighted by molar-refractivity contribution is 0.0997. The van der Waals surface area contributed by atoms with E-state index in [1.54, 1.807) is 12.1 Å². The van der Waals surface area contributed by atoms with Crippen molar-refractivity contribution < 1.29 is 9.53 Å². The van der Waals surface area contributed by atoms with Crippen LogP contribution in [0, 0.1) is 6.92 Å². The SMILES string of the molecule is CC.COc1ccc(Cc2c[nH]c3ccc(C)cc23)cc1C(N)=O. The highest BCUT2D eigenvalue weighted by atomic mass is 16.5. The van der Waals surface area contributed by atoms with Gasteiger partial charge in [0.1, 0.15) is 5.75 Å². The number of nitrogens with one attached hydrogen (secondary N) is 1. The van der Waals surface area contributed by atoms with E-state index >= 15 is 0 Å². The molecular formula is C20H24N2O2. The van der Waals surface area contributed by atoms with E-state index in [-0.39, 0.29) is 0 Å². The molecule has 1 amide bonds. The molecule has 3 N–H and O–H groups in total. The van der Waals surface area contributed by atoms with Crippen LogP contribution in [0.5, 0.6) is 5.75 Å². The number of hydrogen-bond donors (Lipinski definition) is 2. The van der Waals surface area contributed by atoms with Crippen molar-refractivity contribution in [1.82, 2.24) is 4.98 Å². The fourth-order valence-electron chi connectivity index (χ4n) is 2.72. The molecule has 0 saturated carbocycles. The van der Waals surface area contributed by atoms with Crippen molar-refractivity contribution in [3.8, 4) is 5.75 Å². The number of aromatic amines is 1. The van der Waals surface area contributed by atoms with Crippen molar-refractivity contribution in [3.05, 3.63) is 64.8 Å². The largest absolute Gasteiger partial charge is 0.496 e. The number of carbonyl (C=O) groups is 1. The summed E-state index contributed by atoms with van der Waals surface area (Å²) in [5.74, 6) is 0.0273. The molecule has 3 aromatic rings. The van der Waals surface area contributed by atoms with Crippen LogP contribution in [-0.4, -0.2) is 18.0 Å². The lowest BCUT2D eigenvalue weighted by atomic mass is 10.0. The van der Waals surface area contributed by atoms with Crippen molar-refractivity contribution >= 4 is 16.8 Å². The van der Waals surface area contributed by atoms with Gasteiger partial charge in [0.2, 0.25) is 0 Å². The van der Waals surface area contributed by atoms with Gasteiger partial charge in [0.15, 0.2) is 0 Å². The second-order valence-corrected chi connectivity index (χ2v) is 5.44. The standard InChI is InChI=1S/C18H18N2O2.C2H6/c1-11-3-5-16-14(7-11)13(10-20-16)8-12-4-6-17(22-2)15(9-12)18(19)21;1-2/h3-7,9-10,20H,8H2,1-2H3,(H2,19,21);1-2H3. The Bertz CT molecular complexity index is 850. The predicted molar refractivity (Wildman–Crippen MR) is 98.7 cm³/mol. The Morgan fingerprint density at radius 1 is 1.17 bits per heavy atom. The zero-order valence-corrected chi connectivity index (χ0v) is 14.6. The monoisotopic (exact) mass is 324 g/mol. The number of amides is 1. The van der Waals surface area contributed by atoms with Gasteiger partial charge in [0, 0.05) is 17.1 Å². The molecule has 1 heterocycles. The van der Waals surface area contributed by atoms with Gasteiger partial charge in [-0.25, -0.2) is 0 Å². The van der Waals surface area contributed by atoms with Gasteiger partial charge in [-0.15, -0.1) is 0 Å². The maximum atomic E-state index is 11.5. The van der Waals surface area contributed by atoms with Crippen LogP contribution in [0.3, 0.4) is 0 Å². The first-order chi connectivity index (χ1) is 11.6. The molecule has 4 nitrogen and oxygen atoms in total. The minimum Gasteiger partial charge on any atom is -0.496 e. The molecule has 0 fully saturated rings. The quantitative estimate of drug-likeness (QED) is 0.755. The van der Waals surface area contributed by atoms with Crippen molar-refractivity contribution in [2.24, 2.45) is 5.73 Å². The molecule has 0 unspecified atom stereocenters. The molecule has 0 radical (unpaired) electrons. The maximum Gasteiger partial charge on any atom is 0.252 e. The van der Waals surface area contributed by atoms with Crippen LogP contribution in [0.4, 0.5) is 0 Å². The van der Waals surface area contributed by atoms with Gasteiger partial charge in [-0.1, -0.05) is 31.5 Å². The molecule has 0 saturated heterocycles. The number of hydrogen-bond acceptors (Lipinski definition) is 2. The second kappa shape index (κ2) is 7.68. The van der Waals surface area contributed by atoms with E-state index in [9.17, 15) is 4.79 Å². The number of methoxy groups -OCH3 is 1. The van der Waals surface area contributed by atoms with Crippen LogP contribution >= 0.6 is 0 Å². The molecule has 24 heavy (non-hydrogen) atoms. The summed E-state index contributed by atoms with van der Waals surface area (Å²) in [7, 11) is 1.53. The first-order valence-electron chi connectivity index (χ1n) is 8.12.